The zero-order valence-corrected chi connectivity index (χ0v) is 16.2. The van der Waals surface area contributed by atoms with Gasteiger partial charge in [-0.2, -0.15) is 0 Å². The fourth-order valence-corrected chi connectivity index (χ4v) is 2.69. The van der Waals surface area contributed by atoms with Crippen molar-refractivity contribution in [2.24, 2.45) is 0 Å². The Hall–Kier alpha value is -3.32. The smallest absolute Gasteiger partial charge is 0.255 e. The zero-order valence-electron chi connectivity index (χ0n) is 16.2. The molecule has 0 aliphatic rings. The fraction of sp³-hybridized carbons (Fsp3) is 0.238. The maximum absolute atomic E-state index is 12.7. The molecule has 0 fully saturated rings. The van der Waals surface area contributed by atoms with Gasteiger partial charge in [-0.3, -0.25) is 9.59 Å². The van der Waals surface area contributed by atoms with Gasteiger partial charge >= 0.3 is 0 Å². The van der Waals surface area contributed by atoms with Crippen LogP contribution in [-0.2, 0) is 16.0 Å². The standard InChI is InChI=1S/C21H24N2O5/c1-5-7-14-10-15(11-18(27-3)20(14)28-4)21(25)23-17-9-6-8-16(12-17)22-19(24)13-26-2/h5-6,8-12H,1,7,13H2,2-4H3,(H,22,24)(H,23,25). The van der Waals surface area contributed by atoms with Crippen LogP contribution in [0.2, 0.25) is 0 Å². The number of nitrogens with one attached hydrogen (secondary N) is 2. The van der Waals surface area contributed by atoms with Crippen LogP contribution in [0.15, 0.2) is 49.1 Å². The van der Waals surface area contributed by atoms with Crippen molar-refractivity contribution >= 4 is 23.2 Å². The third kappa shape index (κ3) is 5.34. The van der Waals surface area contributed by atoms with Crippen molar-refractivity contribution in [3.05, 3.63) is 60.2 Å². The Bertz CT molecular complexity index is 864. The highest BCUT2D eigenvalue weighted by molar-refractivity contribution is 6.05. The predicted molar refractivity (Wildman–Crippen MR) is 108 cm³/mol. The van der Waals surface area contributed by atoms with Gasteiger partial charge in [0.05, 0.1) is 14.2 Å². The van der Waals surface area contributed by atoms with Crippen molar-refractivity contribution in [1.29, 1.82) is 0 Å². The van der Waals surface area contributed by atoms with Crippen LogP contribution in [0.25, 0.3) is 0 Å². The molecule has 0 radical (unpaired) electrons. The molecule has 0 aliphatic heterocycles. The van der Waals surface area contributed by atoms with Gasteiger partial charge in [0.2, 0.25) is 5.91 Å². The van der Waals surface area contributed by atoms with Crippen molar-refractivity contribution in [1.82, 2.24) is 0 Å². The minimum atomic E-state index is -0.313. The number of hydrogen-bond acceptors (Lipinski definition) is 5. The number of hydrogen-bond donors (Lipinski definition) is 2. The third-order valence-electron chi connectivity index (χ3n) is 3.86. The van der Waals surface area contributed by atoms with E-state index >= 15 is 0 Å². The summed E-state index contributed by atoms with van der Waals surface area (Å²) in [6, 6.07) is 10.2. The van der Waals surface area contributed by atoms with Crippen LogP contribution in [0.1, 0.15) is 15.9 Å². The van der Waals surface area contributed by atoms with Gasteiger partial charge in [-0.15, -0.1) is 6.58 Å². The second-order valence-electron chi connectivity index (χ2n) is 5.88. The number of anilines is 2. The molecule has 148 valence electrons. The average molecular weight is 384 g/mol. The van der Waals surface area contributed by atoms with E-state index in [1.807, 2.05) is 0 Å². The van der Waals surface area contributed by atoms with Crippen molar-refractivity contribution in [3.63, 3.8) is 0 Å². The number of amides is 2. The molecule has 0 heterocycles. The van der Waals surface area contributed by atoms with Crippen LogP contribution in [0, 0.1) is 0 Å². The highest BCUT2D eigenvalue weighted by atomic mass is 16.5. The molecule has 2 aromatic rings. The molecule has 2 rings (SSSR count). The van der Waals surface area contributed by atoms with E-state index in [1.54, 1.807) is 49.6 Å². The number of ether oxygens (including phenoxy) is 3. The number of benzene rings is 2. The van der Waals surface area contributed by atoms with E-state index in [-0.39, 0.29) is 18.4 Å². The minimum absolute atomic E-state index is 0.0473. The summed E-state index contributed by atoms with van der Waals surface area (Å²) in [4.78, 5) is 24.4. The van der Waals surface area contributed by atoms with Crippen molar-refractivity contribution < 1.29 is 23.8 Å². The van der Waals surface area contributed by atoms with Gasteiger partial charge in [0, 0.05) is 29.6 Å². The Balaban J connectivity index is 2.24. The van der Waals surface area contributed by atoms with Gasteiger partial charge < -0.3 is 24.8 Å². The van der Waals surface area contributed by atoms with Crippen LogP contribution >= 0.6 is 0 Å². The summed E-state index contributed by atoms with van der Waals surface area (Å²) >= 11 is 0. The second kappa shape index (κ2) is 10.1. The topological polar surface area (TPSA) is 85.9 Å². The lowest BCUT2D eigenvalue weighted by Gasteiger charge is -2.14. The van der Waals surface area contributed by atoms with Crippen LogP contribution < -0.4 is 20.1 Å². The summed E-state index contributed by atoms with van der Waals surface area (Å²) in [6.45, 7) is 3.69. The quantitative estimate of drug-likeness (QED) is 0.648. The molecule has 0 saturated carbocycles. The summed E-state index contributed by atoms with van der Waals surface area (Å²) in [6.07, 6.45) is 2.26. The van der Waals surface area contributed by atoms with Gasteiger partial charge in [-0.05, 0) is 36.8 Å². The number of rotatable bonds is 9. The molecule has 0 bridgehead atoms. The van der Waals surface area contributed by atoms with E-state index in [0.717, 1.165) is 5.56 Å². The Morgan fingerprint density at radius 1 is 1.04 bits per heavy atom. The van der Waals surface area contributed by atoms with E-state index in [4.69, 9.17) is 14.2 Å². The van der Waals surface area contributed by atoms with Gasteiger partial charge in [-0.1, -0.05) is 12.1 Å². The van der Waals surface area contributed by atoms with Crippen molar-refractivity contribution in [3.8, 4) is 11.5 Å². The first-order chi connectivity index (χ1) is 13.5. The lowest BCUT2D eigenvalue weighted by Crippen LogP contribution is -2.17. The first-order valence-corrected chi connectivity index (χ1v) is 8.58. The van der Waals surface area contributed by atoms with Gasteiger partial charge in [0.1, 0.15) is 6.61 Å². The van der Waals surface area contributed by atoms with E-state index < -0.39 is 0 Å². The van der Waals surface area contributed by atoms with E-state index in [2.05, 4.69) is 17.2 Å². The molecule has 2 aromatic carbocycles. The zero-order chi connectivity index (χ0) is 20.5. The Morgan fingerprint density at radius 3 is 2.36 bits per heavy atom. The molecule has 0 spiro atoms. The van der Waals surface area contributed by atoms with Crippen LogP contribution in [0.5, 0.6) is 11.5 Å². The van der Waals surface area contributed by atoms with Gasteiger partial charge in [0.15, 0.2) is 11.5 Å². The maximum atomic E-state index is 12.7. The largest absolute Gasteiger partial charge is 0.493 e. The fourth-order valence-electron chi connectivity index (χ4n) is 2.69. The molecular formula is C21H24N2O5. The highest BCUT2D eigenvalue weighted by Crippen LogP contribution is 2.33. The average Bonchev–Trinajstić information content (AvgIpc) is 2.68. The minimum Gasteiger partial charge on any atom is -0.493 e. The van der Waals surface area contributed by atoms with Crippen LogP contribution in [0.4, 0.5) is 11.4 Å². The van der Waals surface area contributed by atoms with E-state index in [0.29, 0.717) is 34.9 Å². The number of carbonyl (C=O) groups excluding carboxylic acids is 2. The van der Waals surface area contributed by atoms with Crippen LogP contribution in [0.3, 0.4) is 0 Å². The summed E-state index contributed by atoms with van der Waals surface area (Å²) in [5.41, 5.74) is 2.31. The number of allylic oxidation sites excluding steroid dienone is 1. The summed E-state index contributed by atoms with van der Waals surface area (Å²) in [7, 11) is 4.51. The molecule has 0 saturated heterocycles. The first kappa shape index (κ1) is 21.0. The molecule has 0 atom stereocenters. The lowest BCUT2D eigenvalue weighted by atomic mass is 10.0. The Kier molecular flexibility index (Phi) is 7.59. The van der Waals surface area contributed by atoms with Gasteiger partial charge in [-0.25, -0.2) is 0 Å². The number of carbonyl (C=O) groups is 2. The SMILES string of the molecule is C=CCc1cc(C(=O)Nc2cccc(NC(=O)COC)c2)cc(OC)c1OC. The molecular weight excluding hydrogens is 360 g/mol. The molecule has 28 heavy (non-hydrogen) atoms. The molecule has 0 aliphatic carbocycles. The first-order valence-electron chi connectivity index (χ1n) is 8.58. The molecule has 7 heteroatoms. The summed E-state index contributed by atoms with van der Waals surface area (Å²) in [5, 5.41) is 5.51. The second-order valence-corrected chi connectivity index (χ2v) is 5.88. The Morgan fingerprint density at radius 2 is 1.75 bits per heavy atom. The van der Waals surface area contributed by atoms with Gasteiger partial charge in [0.25, 0.3) is 5.91 Å². The molecule has 2 amide bonds. The number of methoxy groups -OCH3 is 3. The molecule has 0 aromatic heterocycles. The monoisotopic (exact) mass is 384 g/mol. The molecule has 0 unspecified atom stereocenters. The highest BCUT2D eigenvalue weighted by Gasteiger charge is 2.16. The van der Waals surface area contributed by atoms with Crippen LogP contribution in [-0.4, -0.2) is 39.8 Å². The third-order valence-corrected chi connectivity index (χ3v) is 3.86. The summed E-state index contributed by atoms with van der Waals surface area (Å²) in [5.74, 6) is 0.445. The molecule has 2 N–H and O–H groups in total. The lowest BCUT2D eigenvalue weighted by molar-refractivity contribution is -0.119. The maximum Gasteiger partial charge on any atom is 0.255 e. The molecule has 7 nitrogen and oxygen atoms in total. The van der Waals surface area contributed by atoms with Crippen molar-refractivity contribution in [2.45, 2.75) is 6.42 Å². The van der Waals surface area contributed by atoms with E-state index in [9.17, 15) is 9.59 Å². The predicted octanol–water partition coefficient (Wildman–Crippen LogP) is 3.27. The van der Waals surface area contributed by atoms with Crippen molar-refractivity contribution in [2.75, 3.05) is 38.6 Å². The summed E-state index contributed by atoms with van der Waals surface area (Å²) < 4.78 is 15.5. The normalized spacial score (nSPS) is 10.1. The Labute approximate surface area is 164 Å². The van der Waals surface area contributed by atoms with E-state index in [1.165, 1.54) is 14.2 Å².